The third-order valence-corrected chi connectivity index (χ3v) is 6.57. The molecule has 0 bridgehead atoms. The SMILES string of the molecule is Cc1cc(/C=C2/SC(=Nc3ccc(Br)cc3)NC2=O)c(C)n1-c1cc(C(=O)O)cc(C(=O)O)c1. The van der Waals surface area contributed by atoms with E-state index in [0.717, 1.165) is 27.5 Å². The highest BCUT2D eigenvalue weighted by Crippen LogP contribution is 2.31. The fraction of sp³-hybridized carbons (Fsp3) is 0.0833. The number of nitrogens with zero attached hydrogens (tertiary/aromatic N) is 2. The predicted molar refractivity (Wildman–Crippen MR) is 134 cm³/mol. The van der Waals surface area contributed by atoms with E-state index < -0.39 is 11.9 Å². The molecule has 10 heteroatoms. The molecule has 2 heterocycles. The van der Waals surface area contributed by atoms with Gasteiger partial charge in [-0.05, 0) is 85.8 Å². The summed E-state index contributed by atoms with van der Waals surface area (Å²) in [4.78, 5) is 40.4. The minimum Gasteiger partial charge on any atom is -0.478 e. The van der Waals surface area contributed by atoms with Crippen molar-refractivity contribution in [1.82, 2.24) is 9.88 Å². The Morgan fingerprint density at radius 3 is 2.24 bits per heavy atom. The van der Waals surface area contributed by atoms with Gasteiger partial charge in [0.2, 0.25) is 0 Å². The zero-order valence-corrected chi connectivity index (χ0v) is 20.4. The van der Waals surface area contributed by atoms with Crippen LogP contribution >= 0.6 is 27.7 Å². The molecule has 0 saturated carbocycles. The standard InChI is InChI=1S/C24H18BrN3O5S/c1-12-7-14(11-20-21(29)27-24(34-20)26-18-5-3-17(25)4-6-18)13(2)28(12)19-9-15(22(30)31)8-16(10-19)23(32)33/h3-11H,1-2H3,(H,30,31)(H,32,33)(H,26,27,29)/b20-11+. The first-order valence-corrected chi connectivity index (χ1v) is 11.6. The van der Waals surface area contributed by atoms with E-state index in [1.54, 1.807) is 10.6 Å². The largest absolute Gasteiger partial charge is 0.478 e. The molecule has 1 aliphatic rings. The smallest absolute Gasteiger partial charge is 0.335 e. The minimum atomic E-state index is -1.22. The lowest BCUT2D eigenvalue weighted by Crippen LogP contribution is -2.19. The van der Waals surface area contributed by atoms with E-state index in [4.69, 9.17) is 0 Å². The van der Waals surface area contributed by atoms with E-state index >= 15 is 0 Å². The minimum absolute atomic E-state index is 0.123. The molecule has 0 radical (unpaired) electrons. The van der Waals surface area contributed by atoms with Crippen LogP contribution in [-0.4, -0.2) is 37.8 Å². The summed E-state index contributed by atoms with van der Waals surface area (Å²) in [5.41, 5.74) is 3.11. The summed E-state index contributed by atoms with van der Waals surface area (Å²) in [5, 5.41) is 22.0. The summed E-state index contributed by atoms with van der Waals surface area (Å²) >= 11 is 4.59. The fourth-order valence-corrected chi connectivity index (χ4v) is 4.67. The van der Waals surface area contributed by atoms with Crippen LogP contribution in [0.15, 0.2) is 62.9 Å². The molecule has 1 amide bonds. The summed E-state index contributed by atoms with van der Waals surface area (Å²) in [6.07, 6.45) is 1.74. The van der Waals surface area contributed by atoms with Crippen LogP contribution in [0, 0.1) is 13.8 Å². The van der Waals surface area contributed by atoms with Crippen molar-refractivity contribution in [1.29, 1.82) is 0 Å². The average Bonchev–Trinajstić information content (AvgIpc) is 3.27. The number of carbonyl (C=O) groups excluding carboxylic acids is 1. The van der Waals surface area contributed by atoms with Crippen molar-refractivity contribution in [3.63, 3.8) is 0 Å². The van der Waals surface area contributed by atoms with E-state index in [9.17, 15) is 24.6 Å². The van der Waals surface area contributed by atoms with Crippen LogP contribution in [0.3, 0.4) is 0 Å². The number of nitrogens with one attached hydrogen (secondary N) is 1. The van der Waals surface area contributed by atoms with Gasteiger partial charge in [0.25, 0.3) is 5.91 Å². The third-order valence-electron chi connectivity index (χ3n) is 5.13. The summed E-state index contributed by atoms with van der Waals surface area (Å²) < 4.78 is 2.69. The number of thioether (sulfide) groups is 1. The lowest BCUT2D eigenvalue weighted by molar-refractivity contribution is -0.115. The molecular weight excluding hydrogens is 522 g/mol. The number of aryl methyl sites for hydroxylation is 1. The zero-order chi connectivity index (χ0) is 24.6. The Morgan fingerprint density at radius 2 is 1.65 bits per heavy atom. The van der Waals surface area contributed by atoms with E-state index in [1.165, 1.54) is 23.9 Å². The summed E-state index contributed by atoms with van der Waals surface area (Å²) in [5.74, 6) is -2.71. The van der Waals surface area contributed by atoms with E-state index in [0.29, 0.717) is 21.4 Å². The second kappa shape index (κ2) is 9.32. The molecule has 1 saturated heterocycles. The van der Waals surface area contributed by atoms with Gasteiger partial charge in [-0.1, -0.05) is 15.9 Å². The van der Waals surface area contributed by atoms with Gasteiger partial charge in [0.15, 0.2) is 5.17 Å². The van der Waals surface area contributed by atoms with Crippen LogP contribution in [0.4, 0.5) is 5.69 Å². The van der Waals surface area contributed by atoms with Gasteiger partial charge in [0, 0.05) is 21.5 Å². The Hall–Kier alpha value is -3.63. The molecule has 4 rings (SSSR count). The van der Waals surface area contributed by atoms with Gasteiger partial charge in [-0.15, -0.1) is 0 Å². The molecule has 0 aliphatic carbocycles. The number of benzene rings is 2. The Labute approximate surface area is 207 Å². The molecule has 172 valence electrons. The van der Waals surface area contributed by atoms with Crippen LogP contribution in [0.25, 0.3) is 11.8 Å². The van der Waals surface area contributed by atoms with Crippen molar-refractivity contribution in [2.75, 3.05) is 0 Å². The lowest BCUT2D eigenvalue weighted by atomic mass is 10.1. The molecule has 3 N–H and O–H groups in total. The molecule has 8 nitrogen and oxygen atoms in total. The number of carbonyl (C=O) groups is 3. The first kappa shape index (κ1) is 23.5. The number of halogens is 1. The van der Waals surface area contributed by atoms with Gasteiger partial charge in [-0.3, -0.25) is 4.79 Å². The molecule has 1 aliphatic heterocycles. The van der Waals surface area contributed by atoms with Crippen LogP contribution in [0.1, 0.15) is 37.7 Å². The van der Waals surface area contributed by atoms with Gasteiger partial charge in [-0.2, -0.15) is 0 Å². The second-order valence-corrected chi connectivity index (χ2v) is 9.45. The van der Waals surface area contributed by atoms with Crippen molar-refractivity contribution < 1.29 is 24.6 Å². The Bertz CT molecular complexity index is 1370. The predicted octanol–water partition coefficient (Wildman–Crippen LogP) is 5.14. The maximum absolute atomic E-state index is 12.5. The molecule has 2 aromatic carbocycles. The second-order valence-electron chi connectivity index (χ2n) is 7.50. The topological polar surface area (TPSA) is 121 Å². The van der Waals surface area contributed by atoms with E-state index in [2.05, 4.69) is 26.2 Å². The third kappa shape index (κ3) is 4.82. The Kier molecular flexibility index (Phi) is 6.45. The van der Waals surface area contributed by atoms with Gasteiger partial charge in [0.05, 0.1) is 21.7 Å². The molecule has 0 atom stereocenters. The number of hydrogen-bond acceptors (Lipinski definition) is 5. The number of aromatic nitrogens is 1. The van der Waals surface area contributed by atoms with Gasteiger partial charge in [0.1, 0.15) is 0 Å². The van der Waals surface area contributed by atoms with Crippen molar-refractivity contribution in [3.8, 4) is 5.69 Å². The van der Waals surface area contributed by atoms with Crippen LogP contribution in [-0.2, 0) is 4.79 Å². The number of rotatable bonds is 5. The molecule has 0 unspecified atom stereocenters. The quantitative estimate of drug-likeness (QED) is 0.385. The molecule has 3 aromatic rings. The summed E-state index contributed by atoms with van der Waals surface area (Å²) in [6, 6.07) is 13.2. The maximum Gasteiger partial charge on any atom is 0.335 e. The normalized spacial score (nSPS) is 15.7. The van der Waals surface area contributed by atoms with Crippen LogP contribution in [0.5, 0.6) is 0 Å². The number of carboxylic acid groups (broad SMARTS) is 2. The van der Waals surface area contributed by atoms with Crippen molar-refractivity contribution in [3.05, 3.63) is 86.0 Å². The fourth-order valence-electron chi connectivity index (χ4n) is 3.57. The number of amides is 1. The van der Waals surface area contributed by atoms with Gasteiger partial charge >= 0.3 is 11.9 Å². The van der Waals surface area contributed by atoms with Crippen molar-refractivity contribution >= 4 is 62.5 Å². The highest BCUT2D eigenvalue weighted by molar-refractivity contribution is 9.10. The average molecular weight is 540 g/mol. The van der Waals surface area contributed by atoms with Crippen LogP contribution in [0.2, 0.25) is 0 Å². The van der Waals surface area contributed by atoms with Crippen molar-refractivity contribution in [2.45, 2.75) is 13.8 Å². The maximum atomic E-state index is 12.5. The molecular formula is C24H18BrN3O5S. The number of aromatic carboxylic acids is 2. The van der Waals surface area contributed by atoms with Crippen molar-refractivity contribution in [2.24, 2.45) is 4.99 Å². The lowest BCUT2D eigenvalue weighted by Gasteiger charge is -2.12. The number of carboxylic acids is 2. The number of aliphatic imine (C=N–C) groups is 1. The van der Waals surface area contributed by atoms with Gasteiger partial charge in [-0.25, -0.2) is 14.6 Å². The number of hydrogen-bond donors (Lipinski definition) is 3. The molecule has 1 aromatic heterocycles. The monoisotopic (exact) mass is 539 g/mol. The molecule has 0 spiro atoms. The first-order chi connectivity index (χ1) is 16.1. The van der Waals surface area contributed by atoms with Gasteiger partial charge < -0.3 is 20.1 Å². The highest BCUT2D eigenvalue weighted by atomic mass is 79.9. The summed E-state index contributed by atoms with van der Waals surface area (Å²) in [6.45, 7) is 3.65. The Balaban J connectivity index is 1.70. The number of amidine groups is 1. The first-order valence-electron chi connectivity index (χ1n) is 9.98. The molecule has 1 fully saturated rings. The van der Waals surface area contributed by atoms with Crippen LogP contribution < -0.4 is 5.32 Å². The van der Waals surface area contributed by atoms with E-state index in [1.807, 2.05) is 44.2 Å². The highest BCUT2D eigenvalue weighted by Gasteiger charge is 2.25. The van der Waals surface area contributed by atoms with E-state index in [-0.39, 0.29) is 17.0 Å². The zero-order valence-electron chi connectivity index (χ0n) is 18.0. The Morgan fingerprint density at radius 1 is 1.03 bits per heavy atom. The molecule has 34 heavy (non-hydrogen) atoms. The summed E-state index contributed by atoms with van der Waals surface area (Å²) in [7, 11) is 0.